The lowest BCUT2D eigenvalue weighted by atomic mass is 10.2. The zero-order valence-electron chi connectivity index (χ0n) is 13.8. The Kier molecular flexibility index (Phi) is 7.07. The second-order valence-corrected chi connectivity index (χ2v) is 5.29. The number of nitrogens with zero attached hydrogens (tertiary/aromatic N) is 2. The van der Waals surface area contributed by atoms with E-state index in [1.54, 1.807) is 6.07 Å². The van der Waals surface area contributed by atoms with E-state index in [9.17, 15) is 0 Å². The molecule has 0 amide bonds. The lowest BCUT2D eigenvalue weighted by Crippen LogP contribution is -2.08. The third kappa shape index (κ3) is 4.71. The first-order valence-electron chi connectivity index (χ1n) is 7.86. The van der Waals surface area contributed by atoms with E-state index >= 15 is 0 Å². The van der Waals surface area contributed by atoms with Gasteiger partial charge in [0.2, 0.25) is 0 Å². The normalized spacial score (nSPS) is 10.3. The smallest absolute Gasteiger partial charge is 0.169 e. The second kappa shape index (κ2) is 9.28. The summed E-state index contributed by atoms with van der Waals surface area (Å²) in [5.74, 6) is 7.25. The van der Waals surface area contributed by atoms with E-state index in [0.717, 1.165) is 18.6 Å². The molecule has 2 rings (SSSR count). The molecule has 24 heavy (non-hydrogen) atoms. The Hall–Kier alpha value is -2.07. The molecule has 0 aliphatic rings. The molecule has 1 aromatic heterocycles. The topological polar surface area (TPSA) is 79.3 Å². The average molecular weight is 349 g/mol. The maximum Gasteiger partial charge on any atom is 0.169 e. The quantitative estimate of drug-likeness (QED) is 0.527. The largest absolute Gasteiger partial charge is 0.394 e. The molecule has 0 saturated heterocycles. The van der Waals surface area contributed by atoms with E-state index in [2.05, 4.69) is 32.4 Å². The zero-order valence-corrected chi connectivity index (χ0v) is 14.6. The molecular weight excluding hydrogens is 328 g/mol. The number of fused-ring (bicyclic) bond motifs is 1. The minimum atomic E-state index is -0.0185. The Labute approximate surface area is 146 Å². The molecule has 7 heteroatoms. The number of benzene rings is 1. The molecule has 0 bridgehead atoms. The molecule has 2 aromatic rings. The number of halogens is 1. The van der Waals surface area contributed by atoms with Gasteiger partial charge in [0.25, 0.3) is 0 Å². The molecule has 0 atom stereocenters. The highest BCUT2D eigenvalue weighted by atomic mass is 35.5. The van der Waals surface area contributed by atoms with Gasteiger partial charge in [-0.05, 0) is 26.0 Å². The van der Waals surface area contributed by atoms with Crippen molar-refractivity contribution in [3.8, 4) is 11.8 Å². The Morgan fingerprint density at radius 1 is 1.12 bits per heavy atom. The van der Waals surface area contributed by atoms with E-state index < -0.39 is 0 Å². The van der Waals surface area contributed by atoms with E-state index in [4.69, 9.17) is 21.4 Å². The summed E-state index contributed by atoms with van der Waals surface area (Å²) in [6.07, 6.45) is 0. The molecule has 1 aromatic carbocycles. The van der Waals surface area contributed by atoms with Crippen LogP contribution in [0.25, 0.3) is 11.0 Å². The molecule has 128 valence electrons. The Bertz CT molecular complexity index is 756. The second-order valence-electron chi connectivity index (χ2n) is 4.88. The number of hydrogen-bond acceptors (Lipinski definition) is 6. The number of nitrogens with one attached hydrogen (secondary N) is 2. The third-order valence-electron chi connectivity index (χ3n) is 3.07. The van der Waals surface area contributed by atoms with Gasteiger partial charge in [-0.15, -0.1) is 0 Å². The van der Waals surface area contributed by atoms with Crippen molar-refractivity contribution in [1.29, 1.82) is 0 Å². The highest BCUT2D eigenvalue weighted by molar-refractivity contribution is 6.32. The number of rotatable bonds is 7. The summed E-state index contributed by atoms with van der Waals surface area (Å²) in [6.45, 7) is 6.01. The van der Waals surface area contributed by atoms with E-state index in [-0.39, 0.29) is 19.8 Å². The van der Waals surface area contributed by atoms with Crippen LogP contribution < -0.4 is 10.6 Å². The van der Waals surface area contributed by atoms with E-state index in [1.165, 1.54) is 0 Å². The molecule has 0 aliphatic carbocycles. The van der Waals surface area contributed by atoms with Crippen LogP contribution >= 0.6 is 11.6 Å². The number of ether oxygens (including phenoxy) is 1. The summed E-state index contributed by atoms with van der Waals surface area (Å²) in [7, 11) is 0. The molecule has 0 saturated carbocycles. The molecule has 0 radical (unpaired) electrons. The van der Waals surface area contributed by atoms with Gasteiger partial charge in [0.15, 0.2) is 11.6 Å². The fourth-order valence-electron chi connectivity index (χ4n) is 2.07. The fourth-order valence-corrected chi connectivity index (χ4v) is 2.28. The first-order chi connectivity index (χ1) is 11.7. The van der Waals surface area contributed by atoms with E-state index in [1.807, 2.05) is 19.9 Å². The van der Waals surface area contributed by atoms with Crippen LogP contribution in [0.15, 0.2) is 12.1 Å². The highest BCUT2D eigenvalue weighted by Gasteiger charge is 2.10. The molecule has 0 unspecified atom stereocenters. The van der Waals surface area contributed by atoms with Gasteiger partial charge in [0, 0.05) is 18.7 Å². The van der Waals surface area contributed by atoms with Gasteiger partial charge in [-0.25, -0.2) is 9.97 Å². The molecule has 3 N–H and O–H groups in total. The lowest BCUT2D eigenvalue weighted by molar-refractivity contribution is 0.115. The number of anilines is 2. The van der Waals surface area contributed by atoms with Crippen LogP contribution in [-0.4, -0.2) is 48.0 Å². The zero-order chi connectivity index (χ0) is 17.4. The van der Waals surface area contributed by atoms with Crippen molar-refractivity contribution in [3.05, 3.63) is 22.7 Å². The summed E-state index contributed by atoms with van der Waals surface area (Å²) in [4.78, 5) is 9.20. The standard InChI is InChI=1S/C17H21ClN4O2/c1-3-19-16-17(20-4-2)22-15-11-13(18)12(10-14(15)21-16)6-5-8-24-9-7-23/h10-11,23H,3-4,7-9H2,1-2H3,(H,19,21)(H,20,22). The van der Waals surface area contributed by atoms with Crippen LogP contribution in [0.1, 0.15) is 19.4 Å². The van der Waals surface area contributed by atoms with Gasteiger partial charge in [0.05, 0.1) is 29.3 Å². The summed E-state index contributed by atoms with van der Waals surface area (Å²) in [5, 5.41) is 15.6. The lowest BCUT2D eigenvalue weighted by Gasteiger charge is -2.11. The number of aliphatic hydroxyl groups is 1. The number of aromatic nitrogens is 2. The maximum atomic E-state index is 8.65. The molecule has 0 spiro atoms. The molecule has 0 fully saturated rings. The maximum absolute atomic E-state index is 8.65. The number of hydrogen-bond donors (Lipinski definition) is 3. The Morgan fingerprint density at radius 2 is 1.75 bits per heavy atom. The van der Waals surface area contributed by atoms with Crippen LogP contribution in [0.5, 0.6) is 0 Å². The molecule has 0 aliphatic heterocycles. The first-order valence-corrected chi connectivity index (χ1v) is 8.23. The van der Waals surface area contributed by atoms with E-state index in [0.29, 0.717) is 27.7 Å². The predicted octanol–water partition coefficient (Wildman–Crippen LogP) is 2.51. The minimum absolute atomic E-state index is 0.0185. The summed E-state index contributed by atoms with van der Waals surface area (Å²) >= 11 is 6.29. The van der Waals surface area contributed by atoms with Crippen LogP contribution in [0.4, 0.5) is 11.6 Å². The van der Waals surface area contributed by atoms with Gasteiger partial charge < -0.3 is 20.5 Å². The minimum Gasteiger partial charge on any atom is -0.394 e. The highest BCUT2D eigenvalue weighted by Crippen LogP contribution is 2.26. The first kappa shape index (κ1) is 18.3. The van der Waals surface area contributed by atoms with Gasteiger partial charge in [-0.1, -0.05) is 23.4 Å². The summed E-state index contributed by atoms with van der Waals surface area (Å²) in [5.41, 5.74) is 2.10. The SMILES string of the molecule is CCNc1nc2cc(Cl)c(C#CCOCCO)cc2nc1NCC. The van der Waals surface area contributed by atoms with Crippen molar-refractivity contribution in [2.24, 2.45) is 0 Å². The van der Waals surface area contributed by atoms with Crippen molar-refractivity contribution in [2.45, 2.75) is 13.8 Å². The van der Waals surface area contributed by atoms with Crippen LogP contribution in [0, 0.1) is 11.8 Å². The van der Waals surface area contributed by atoms with Crippen LogP contribution in [-0.2, 0) is 4.74 Å². The summed E-state index contributed by atoms with van der Waals surface area (Å²) < 4.78 is 5.11. The van der Waals surface area contributed by atoms with Gasteiger partial charge in [-0.3, -0.25) is 0 Å². The van der Waals surface area contributed by atoms with Crippen molar-refractivity contribution >= 4 is 34.3 Å². The van der Waals surface area contributed by atoms with Crippen molar-refractivity contribution in [3.63, 3.8) is 0 Å². The van der Waals surface area contributed by atoms with Crippen molar-refractivity contribution in [2.75, 3.05) is 43.5 Å². The van der Waals surface area contributed by atoms with Crippen molar-refractivity contribution in [1.82, 2.24) is 9.97 Å². The Balaban J connectivity index is 2.35. The summed E-state index contributed by atoms with van der Waals surface area (Å²) in [6, 6.07) is 3.58. The van der Waals surface area contributed by atoms with Gasteiger partial charge in [-0.2, -0.15) is 0 Å². The van der Waals surface area contributed by atoms with Crippen molar-refractivity contribution < 1.29 is 9.84 Å². The monoisotopic (exact) mass is 348 g/mol. The van der Waals surface area contributed by atoms with Crippen LogP contribution in [0.3, 0.4) is 0 Å². The fraction of sp³-hybridized carbons (Fsp3) is 0.412. The van der Waals surface area contributed by atoms with Gasteiger partial charge in [0.1, 0.15) is 6.61 Å². The van der Waals surface area contributed by atoms with Gasteiger partial charge >= 0.3 is 0 Å². The Morgan fingerprint density at radius 3 is 2.33 bits per heavy atom. The molecule has 1 heterocycles. The third-order valence-corrected chi connectivity index (χ3v) is 3.39. The number of aliphatic hydroxyl groups excluding tert-OH is 1. The average Bonchev–Trinajstić information content (AvgIpc) is 2.56. The molecular formula is C17H21ClN4O2. The predicted molar refractivity (Wildman–Crippen MR) is 97.7 cm³/mol. The molecule has 6 nitrogen and oxygen atoms in total. The van der Waals surface area contributed by atoms with Crippen LogP contribution in [0.2, 0.25) is 5.02 Å².